The molecule has 2 amide bonds. The number of aliphatic hydroxyl groups excluding tert-OH is 1. The molecule has 0 aliphatic carbocycles. The van der Waals surface area contributed by atoms with Crippen LogP contribution in [0.1, 0.15) is 31.4 Å². The van der Waals surface area contributed by atoms with Crippen LogP contribution in [-0.2, 0) is 15.8 Å². The van der Waals surface area contributed by atoms with Crippen molar-refractivity contribution in [3.05, 3.63) is 53.6 Å². The first-order chi connectivity index (χ1) is 16.0. The van der Waals surface area contributed by atoms with E-state index in [-0.39, 0.29) is 31.4 Å². The van der Waals surface area contributed by atoms with Gasteiger partial charge in [-0.2, -0.15) is 13.2 Å². The topological polar surface area (TPSA) is 88.1 Å². The minimum atomic E-state index is -4.51. The number of benzene rings is 2. The largest absolute Gasteiger partial charge is 0.487 e. The first kappa shape index (κ1) is 23.6. The highest BCUT2D eigenvalue weighted by Gasteiger charge is 2.35. The monoisotopic (exact) mass is 476 g/mol. The summed E-state index contributed by atoms with van der Waals surface area (Å²) in [6.45, 7) is 3.18. The summed E-state index contributed by atoms with van der Waals surface area (Å²) in [6.07, 6.45) is -2.86. The molecule has 0 bridgehead atoms. The van der Waals surface area contributed by atoms with Gasteiger partial charge in [-0.05, 0) is 49.8 Å². The molecule has 180 valence electrons. The number of nitrogens with zero attached hydrogens (tertiary/aromatic N) is 1. The van der Waals surface area contributed by atoms with E-state index >= 15 is 0 Å². The van der Waals surface area contributed by atoms with E-state index in [2.05, 4.69) is 5.32 Å². The summed E-state index contributed by atoms with van der Waals surface area (Å²) in [4.78, 5) is 26.3. The molecular formula is C24H23F3N2O5. The number of anilines is 2. The highest BCUT2D eigenvalue weighted by atomic mass is 19.4. The highest BCUT2D eigenvalue weighted by molar-refractivity contribution is 6.05. The maximum absolute atomic E-state index is 13.1. The number of carbonyl (C=O) groups is 2. The molecule has 0 atom stereocenters. The number of nitrogens with one attached hydrogen (secondary N) is 1. The van der Waals surface area contributed by atoms with Crippen LogP contribution in [0.15, 0.2) is 42.5 Å². The Hall–Kier alpha value is -3.53. The average molecular weight is 476 g/mol. The molecule has 2 aromatic carbocycles. The van der Waals surface area contributed by atoms with Gasteiger partial charge >= 0.3 is 6.18 Å². The van der Waals surface area contributed by atoms with Gasteiger partial charge in [-0.25, -0.2) is 0 Å². The van der Waals surface area contributed by atoms with Gasteiger partial charge in [0.15, 0.2) is 6.61 Å². The van der Waals surface area contributed by atoms with Gasteiger partial charge in [-0.3, -0.25) is 9.59 Å². The molecule has 2 aromatic rings. The van der Waals surface area contributed by atoms with Crippen molar-refractivity contribution in [3.63, 3.8) is 0 Å². The number of ether oxygens (including phenoxy) is 2. The van der Waals surface area contributed by atoms with Crippen LogP contribution in [-0.4, -0.2) is 42.3 Å². The molecule has 2 aliphatic heterocycles. The number of amides is 2. The quantitative estimate of drug-likeness (QED) is 0.652. The molecule has 0 spiro atoms. The molecule has 0 radical (unpaired) electrons. The van der Waals surface area contributed by atoms with Crippen molar-refractivity contribution in [2.45, 2.75) is 32.0 Å². The lowest BCUT2D eigenvalue weighted by Gasteiger charge is -2.34. The van der Waals surface area contributed by atoms with E-state index < -0.39 is 23.2 Å². The Morgan fingerprint density at radius 1 is 1.21 bits per heavy atom. The summed E-state index contributed by atoms with van der Waals surface area (Å²) in [5, 5.41) is 12.0. The molecule has 0 unspecified atom stereocenters. The molecule has 0 fully saturated rings. The van der Waals surface area contributed by atoms with E-state index in [1.807, 2.05) is 0 Å². The summed E-state index contributed by atoms with van der Waals surface area (Å²) in [5.41, 5.74) is 0.133. The highest BCUT2D eigenvalue weighted by Crippen LogP contribution is 2.43. The zero-order valence-electron chi connectivity index (χ0n) is 18.5. The number of β-amino-alcohol motifs (C(OH)–C–C–N with tert-alkyl or cyclic N) is 1. The number of aliphatic hydroxyl groups is 1. The molecule has 2 heterocycles. The van der Waals surface area contributed by atoms with Gasteiger partial charge < -0.3 is 24.8 Å². The maximum Gasteiger partial charge on any atom is 0.416 e. The Kier molecular flexibility index (Phi) is 6.03. The minimum absolute atomic E-state index is 0.0641. The van der Waals surface area contributed by atoms with Gasteiger partial charge in [-0.15, -0.1) is 0 Å². The van der Waals surface area contributed by atoms with Crippen molar-refractivity contribution < 1.29 is 37.3 Å². The molecule has 0 saturated carbocycles. The van der Waals surface area contributed by atoms with Gasteiger partial charge in [0.25, 0.3) is 5.91 Å². The van der Waals surface area contributed by atoms with Gasteiger partial charge in [0, 0.05) is 30.3 Å². The second-order valence-corrected chi connectivity index (χ2v) is 8.65. The van der Waals surface area contributed by atoms with Crippen LogP contribution >= 0.6 is 0 Å². The minimum Gasteiger partial charge on any atom is -0.487 e. The van der Waals surface area contributed by atoms with Crippen LogP contribution in [0.5, 0.6) is 11.5 Å². The number of carbonyl (C=O) groups excluding carboxylic acids is 2. The average Bonchev–Trinajstić information content (AvgIpc) is 2.74. The SMILES string of the molecule is CC1(C)C/C(=C\C(=O)Nc2ccc3c(c2)N(CCO)C(=O)CO3)c2ccc(C(F)(F)F)cc2O1. The summed E-state index contributed by atoms with van der Waals surface area (Å²) >= 11 is 0. The summed E-state index contributed by atoms with van der Waals surface area (Å²) < 4.78 is 50.6. The van der Waals surface area contributed by atoms with E-state index in [0.29, 0.717) is 34.7 Å². The van der Waals surface area contributed by atoms with Crippen LogP contribution in [0.25, 0.3) is 5.57 Å². The predicted octanol–water partition coefficient (Wildman–Crippen LogP) is 4.01. The number of fused-ring (bicyclic) bond motifs is 2. The zero-order chi connectivity index (χ0) is 24.7. The standard InChI is InChI=1S/C24H23F3N2O5/c1-23(2)12-14(17-5-3-15(24(25,26)27)10-20(17)34-23)9-21(31)28-16-4-6-19-18(11-16)29(7-8-30)22(32)13-33-19/h3-6,9-11,30H,7-8,12-13H2,1-2H3,(H,28,31)/b14-9+. The third-order valence-corrected chi connectivity index (χ3v) is 5.46. The molecule has 2 aliphatic rings. The molecule has 0 aromatic heterocycles. The van der Waals surface area contributed by atoms with Gasteiger partial charge in [0.2, 0.25) is 5.91 Å². The van der Waals surface area contributed by atoms with Crippen molar-refractivity contribution in [2.75, 3.05) is 30.0 Å². The van der Waals surface area contributed by atoms with Crippen LogP contribution in [0.3, 0.4) is 0 Å². The lowest BCUT2D eigenvalue weighted by atomic mass is 9.88. The molecule has 10 heteroatoms. The van der Waals surface area contributed by atoms with Gasteiger partial charge in [0.1, 0.15) is 17.1 Å². The number of hydrogen-bond donors (Lipinski definition) is 2. The first-order valence-electron chi connectivity index (χ1n) is 10.6. The summed E-state index contributed by atoms with van der Waals surface area (Å²) in [6, 6.07) is 8.00. The normalized spacial score (nSPS) is 18.0. The third-order valence-electron chi connectivity index (χ3n) is 5.46. The fourth-order valence-corrected chi connectivity index (χ4v) is 4.03. The van der Waals surface area contributed by atoms with E-state index in [0.717, 1.165) is 12.1 Å². The first-order valence-corrected chi connectivity index (χ1v) is 10.6. The molecule has 34 heavy (non-hydrogen) atoms. The number of alkyl halides is 3. The molecule has 2 N–H and O–H groups in total. The number of halogens is 3. The Balaban J connectivity index is 1.61. The van der Waals surface area contributed by atoms with Gasteiger partial charge in [0.05, 0.1) is 17.9 Å². The molecule has 0 saturated heterocycles. The van der Waals surface area contributed by atoms with Gasteiger partial charge in [-0.1, -0.05) is 6.07 Å². The Morgan fingerprint density at radius 2 is 1.97 bits per heavy atom. The lowest BCUT2D eigenvalue weighted by Crippen LogP contribution is -2.40. The van der Waals surface area contributed by atoms with E-state index in [1.165, 1.54) is 17.0 Å². The Bertz CT molecular complexity index is 1170. The van der Waals surface area contributed by atoms with Crippen LogP contribution < -0.4 is 19.7 Å². The molecule has 4 rings (SSSR count). The van der Waals surface area contributed by atoms with E-state index in [1.54, 1.807) is 32.0 Å². The number of hydrogen-bond acceptors (Lipinski definition) is 5. The number of rotatable bonds is 4. The third kappa shape index (κ3) is 4.86. The molecular weight excluding hydrogens is 453 g/mol. The second kappa shape index (κ2) is 8.68. The summed E-state index contributed by atoms with van der Waals surface area (Å²) in [5.74, 6) is -0.291. The fourth-order valence-electron chi connectivity index (χ4n) is 4.03. The Morgan fingerprint density at radius 3 is 2.68 bits per heavy atom. The zero-order valence-corrected chi connectivity index (χ0v) is 18.5. The van der Waals surface area contributed by atoms with E-state index in [4.69, 9.17) is 9.47 Å². The van der Waals surface area contributed by atoms with Crippen molar-refractivity contribution in [3.8, 4) is 11.5 Å². The molecule has 7 nitrogen and oxygen atoms in total. The smallest absolute Gasteiger partial charge is 0.416 e. The lowest BCUT2D eigenvalue weighted by molar-refractivity contribution is -0.137. The predicted molar refractivity (Wildman–Crippen MR) is 119 cm³/mol. The van der Waals surface area contributed by atoms with Crippen molar-refractivity contribution >= 4 is 28.8 Å². The maximum atomic E-state index is 13.1. The van der Waals surface area contributed by atoms with Crippen molar-refractivity contribution in [2.24, 2.45) is 0 Å². The van der Waals surface area contributed by atoms with Crippen LogP contribution in [0.2, 0.25) is 0 Å². The van der Waals surface area contributed by atoms with Crippen molar-refractivity contribution in [1.82, 2.24) is 0 Å². The fraction of sp³-hybridized carbons (Fsp3) is 0.333. The second-order valence-electron chi connectivity index (χ2n) is 8.65. The van der Waals surface area contributed by atoms with Crippen molar-refractivity contribution in [1.29, 1.82) is 0 Å². The van der Waals surface area contributed by atoms with Crippen LogP contribution in [0.4, 0.5) is 24.5 Å². The Labute approximate surface area is 193 Å². The van der Waals surface area contributed by atoms with Crippen LogP contribution in [0, 0.1) is 0 Å². The van der Waals surface area contributed by atoms with E-state index in [9.17, 15) is 27.9 Å². The summed E-state index contributed by atoms with van der Waals surface area (Å²) in [7, 11) is 0.